The molecular weight excluding hydrogens is 503 g/mol. The van der Waals surface area contributed by atoms with Gasteiger partial charge in [-0.3, -0.25) is 9.69 Å². The standard InChI is InChI=1S/C27H18F3N3O3S/c1-15-5-7-16(8-6-15)22-14-37-26(32-22)31-13-21-20-10-9-18(27(28,29)30)12-23(20)33(24(21)34)19-4-2-3-17(11-19)25(35)36/h2-14,21H,1H3,(H,35,36). The van der Waals surface area contributed by atoms with Gasteiger partial charge in [0.25, 0.3) is 0 Å². The number of carboxylic acid groups (broad SMARTS) is 1. The average molecular weight is 522 g/mol. The van der Waals surface area contributed by atoms with E-state index in [0.29, 0.717) is 10.7 Å². The molecule has 0 spiro atoms. The van der Waals surface area contributed by atoms with Crippen LogP contribution in [0.15, 0.2) is 77.1 Å². The summed E-state index contributed by atoms with van der Waals surface area (Å²) in [6.45, 7) is 1.98. The van der Waals surface area contributed by atoms with Gasteiger partial charge >= 0.3 is 12.1 Å². The lowest BCUT2D eigenvalue weighted by Gasteiger charge is -2.19. The molecule has 0 fully saturated rings. The Kier molecular flexibility index (Phi) is 6.12. The lowest BCUT2D eigenvalue weighted by atomic mass is 10.0. The molecule has 37 heavy (non-hydrogen) atoms. The number of fused-ring (bicyclic) bond motifs is 1. The third-order valence-corrected chi connectivity index (χ3v) is 6.69. The smallest absolute Gasteiger partial charge is 0.416 e. The van der Waals surface area contributed by atoms with Gasteiger partial charge in [0.2, 0.25) is 11.0 Å². The van der Waals surface area contributed by atoms with Gasteiger partial charge in [0.15, 0.2) is 0 Å². The van der Waals surface area contributed by atoms with E-state index in [1.54, 1.807) is 0 Å². The minimum Gasteiger partial charge on any atom is -0.478 e. The molecule has 0 saturated carbocycles. The van der Waals surface area contributed by atoms with Gasteiger partial charge in [-0.25, -0.2) is 14.8 Å². The van der Waals surface area contributed by atoms with Crippen LogP contribution in [0, 0.1) is 6.92 Å². The summed E-state index contributed by atoms with van der Waals surface area (Å²) in [5.74, 6) is -2.74. The van der Waals surface area contributed by atoms with Crippen LogP contribution >= 0.6 is 11.3 Å². The number of aryl methyl sites for hydroxylation is 1. The van der Waals surface area contributed by atoms with Gasteiger partial charge in [-0.15, -0.1) is 11.3 Å². The van der Waals surface area contributed by atoms with Crippen LogP contribution in [0.5, 0.6) is 0 Å². The Morgan fingerprint density at radius 3 is 2.57 bits per heavy atom. The number of alkyl halides is 3. The maximum atomic E-state index is 13.5. The van der Waals surface area contributed by atoms with Crippen molar-refractivity contribution in [2.45, 2.75) is 19.0 Å². The highest BCUT2D eigenvalue weighted by atomic mass is 32.1. The second-order valence-electron chi connectivity index (χ2n) is 8.44. The summed E-state index contributed by atoms with van der Waals surface area (Å²) in [5, 5.41) is 11.6. The number of aromatic carboxylic acids is 1. The lowest BCUT2D eigenvalue weighted by molar-refractivity contribution is -0.137. The summed E-state index contributed by atoms with van der Waals surface area (Å²) in [4.78, 5) is 34.9. The predicted octanol–water partition coefficient (Wildman–Crippen LogP) is 7.00. The molecule has 0 radical (unpaired) electrons. The lowest BCUT2D eigenvalue weighted by Crippen LogP contribution is -2.24. The first-order valence-electron chi connectivity index (χ1n) is 11.1. The van der Waals surface area contributed by atoms with E-state index in [9.17, 15) is 27.9 Å². The molecule has 186 valence electrons. The number of hydrogen-bond donors (Lipinski definition) is 1. The SMILES string of the molecule is Cc1ccc(-c2csc(N=CC3C(=O)N(c4cccc(C(=O)O)c4)c4cc(C(F)(F)F)ccc43)n2)cc1. The highest BCUT2D eigenvalue weighted by molar-refractivity contribution is 7.13. The van der Waals surface area contributed by atoms with Crippen molar-refractivity contribution in [3.05, 3.63) is 94.4 Å². The fraction of sp³-hybridized carbons (Fsp3) is 0.111. The fourth-order valence-corrected chi connectivity index (χ4v) is 4.75. The van der Waals surface area contributed by atoms with E-state index in [1.165, 1.54) is 47.9 Å². The number of anilines is 2. The van der Waals surface area contributed by atoms with Gasteiger partial charge in [0, 0.05) is 22.8 Å². The van der Waals surface area contributed by atoms with Gasteiger partial charge in [-0.2, -0.15) is 13.2 Å². The van der Waals surface area contributed by atoms with Crippen LogP contribution in [0.1, 0.15) is 33.0 Å². The number of halogens is 3. The molecule has 4 aromatic rings. The molecule has 1 atom stereocenters. The van der Waals surface area contributed by atoms with E-state index < -0.39 is 29.5 Å². The molecule has 1 amide bonds. The van der Waals surface area contributed by atoms with Crippen molar-refractivity contribution in [1.29, 1.82) is 0 Å². The van der Waals surface area contributed by atoms with Crippen LogP contribution in [0.2, 0.25) is 0 Å². The number of hydrogen-bond acceptors (Lipinski definition) is 5. The molecule has 5 rings (SSSR count). The van der Waals surface area contributed by atoms with Gasteiger partial charge in [-0.05, 0) is 42.8 Å². The molecule has 6 nitrogen and oxygen atoms in total. The molecule has 1 unspecified atom stereocenters. The van der Waals surface area contributed by atoms with Crippen molar-refractivity contribution >= 4 is 45.9 Å². The fourth-order valence-electron chi connectivity index (χ4n) is 4.07. The Labute approximate surface area is 213 Å². The molecule has 0 saturated heterocycles. The molecular formula is C27H18F3N3O3S. The van der Waals surface area contributed by atoms with Crippen LogP contribution in [0.25, 0.3) is 11.3 Å². The Bertz CT molecular complexity index is 1540. The number of benzene rings is 3. The van der Waals surface area contributed by atoms with Gasteiger partial charge in [0.05, 0.1) is 22.5 Å². The van der Waals surface area contributed by atoms with E-state index >= 15 is 0 Å². The number of carbonyl (C=O) groups excluding carboxylic acids is 1. The van der Waals surface area contributed by atoms with Crippen molar-refractivity contribution in [1.82, 2.24) is 4.98 Å². The first kappa shape index (κ1) is 24.4. The number of thiazole rings is 1. The quantitative estimate of drug-likeness (QED) is 0.287. The van der Waals surface area contributed by atoms with Crippen LogP contribution in [-0.2, 0) is 11.0 Å². The van der Waals surface area contributed by atoms with E-state index in [4.69, 9.17) is 0 Å². The summed E-state index contributed by atoms with van der Waals surface area (Å²) < 4.78 is 40.4. The van der Waals surface area contributed by atoms with Crippen molar-refractivity contribution in [2.24, 2.45) is 4.99 Å². The average Bonchev–Trinajstić information content (AvgIpc) is 3.44. The molecule has 1 aliphatic rings. The van der Waals surface area contributed by atoms with Crippen molar-refractivity contribution in [3.8, 4) is 11.3 Å². The zero-order valence-corrected chi connectivity index (χ0v) is 20.0. The van der Waals surface area contributed by atoms with E-state index in [-0.39, 0.29) is 16.9 Å². The highest BCUT2D eigenvalue weighted by Crippen LogP contribution is 2.44. The molecule has 1 aromatic heterocycles. The largest absolute Gasteiger partial charge is 0.478 e. The first-order valence-corrected chi connectivity index (χ1v) is 11.9. The summed E-state index contributed by atoms with van der Waals surface area (Å²) in [5.41, 5.74) is 2.24. The summed E-state index contributed by atoms with van der Waals surface area (Å²) in [7, 11) is 0. The van der Waals surface area contributed by atoms with Gasteiger partial charge in [-0.1, -0.05) is 42.0 Å². The minimum absolute atomic E-state index is 0.0262. The maximum absolute atomic E-state index is 13.5. The third kappa shape index (κ3) is 4.75. The molecule has 1 aliphatic heterocycles. The summed E-state index contributed by atoms with van der Waals surface area (Å²) in [6.07, 6.45) is -3.25. The number of nitrogens with zero attached hydrogens (tertiary/aromatic N) is 3. The molecule has 1 N–H and O–H groups in total. The number of aliphatic imine (C=N–C) groups is 1. The minimum atomic E-state index is -4.62. The zero-order valence-electron chi connectivity index (χ0n) is 19.2. The normalized spacial score (nSPS) is 15.4. The number of carbonyl (C=O) groups is 2. The van der Waals surface area contributed by atoms with Crippen molar-refractivity contribution in [3.63, 3.8) is 0 Å². The number of aromatic nitrogens is 1. The third-order valence-electron chi connectivity index (χ3n) is 5.94. The van der Waals surface area contributed by atoms with Crippen LogP contribution in [0.3, 0.4) is 0 Å². The van der Waals surface area contributed by atoms with E-state index in [1.807, 2.05) is 36.6 Å². The second kappa shape index (κ2) is 9.29. The highest BCUT2D eigenvalue weighted by Gasteiger charge is 2.40. The molecule has 2 heterocycles. The molecule has 3 aromatic carbocycles. The van der Waals surface area contributed by atoms with Crippen LogP contribution in [-0.4, -0.2) is 28.2 Å². The topological polar surface area (TPSA) is 82.9 Å². The number of carboxylic acids is 1. The van der Waals surface area contributed by atoms with Crippen LogP contribution < -0.4 is 4.90 Å². The van der Waals surface area contributed by atoms with Crippen molar-refractivity contribution < 1.29 is 27.9 Å². The molecule has 10 heteroatoms. The van der Waals surface area contributed by atoms with E-state index in [2.05, 4.69) is 9.98 Å². The van der Waals surface area contributed by atoms with Gasteiger partial charge in [0.1, 0.15) is 5.92 Å². The Hall–Kier alpha value is -4.31. The second-order valence-corrected chi connectivity index (χ2v) is 9.27. The molecule has 0 aliphatic carbocycles. The number of amides is 1. The zero-order chi connectivity index (χ0) is 26.3. The van der Waals surface area contributed by atoms with Crippen molar-refractivity contribution in [2.75, 3.05) is 4.90 Å². The van der Waals surface area contributed by atoms with E-state index in [0.717, 1.165) is 33.9 Å². The monoisotopic (exact) mass is 521 g/mol. The summed E-state index contributed by atoms with van der Waals surface area (Å²) >= 11 is 1.27. The summed E-state index contributed by atoms with van der Waals surface area (Å²) in [6, 6.07) is 16.4. The molecule has 0 bridgehead atoms. The van der Waals surface area contributed by atoms with Gasteiger partial charge < -0.3 is 5.11 Å². The first-order chi connectivity index (χ1) is 17.6. The predicted molar refractivity (Wildman–Crippen MR) is 135 cm³/mol. The Morgan fingerprint density at radius 1 is 1.11 bits per heavy atom. The van der Waals surface area contributed by atoms with Crippen LogP contribution in [0.4, 0.5) is 29.7 Å². The number of rotatable bonds is 5. The Morgan fingerprint density at radius 2 is 1.86 bits per heavy atom. The maximum Gasteiger partial charge on any atom is 0.416 e. The Balaban J connectivity index is 1.52.